The molecule has 0 saturated carbocycles. The monoisotopic (exact) mass is 486 g/mol. The number of hydrogen-bond acceptors (Lipinski definition) is 4. The Bertz CT molecular complexity index is 291. The minimum Gasteiger partial charge on any atom is -0.303 e. The molecule has 0 unspecified atom stereocenters. The quantitative estimate of drug-likeness (QED) is 0.112. The standard InChI is InChI=1S/Al.4H3O4P.Zn.3H/c;4*1-5(2,3)4;;;;/h;4*(H3,1,2,3,4);;;;. The summed E-state index contributed by atoms with van der Waals surface area (Å²) in [4.78, 5) is 86.2. The molecule has 0 aromatic rings. The molecule has 0 bridgehead atoms. The van der Waals surface area contributed by atoms with Crippen LogP contribution in [0.25, 0.3) is 0 Å². The fourth-order valence-corrected chi connectivity index (χ4v) is 0. The molecule has 0 aliphatic heterocycles. The van der Waals surface area contributed by atoms with E-state index >= 15 is 0 Å². The molecule has 0 aliphatic carbocycles. The Morgan fingerprint density at radius 1 is 0.364 bits per heavy atom. The molecule has 0 radical (unpaired) electrons. The molecule has 22 heteroatoms. The average Bonchev–Trinajstić information content (AvgIpc) is 1.62. The first kappa shape index (κ1) is 38.9. The molecule has 0 fully saturated rings. The van der Waals surface area contributed by atoms with Crippen molar-refractivity contribution in [3.63, 3.8) is 0 Å². The zero-order valence-electron chi connectivity index (χ0n) is 9.50. The van der Waals surface area contributed by atoms with Gasteiger partial charge in [0.05, 0.1) is 0 Å². The Kier molecular flexibility index (Phi) is 28.4. The van der Waals surface area contributed by atoms with E-state index in [4.69, 9.17) is 77.0 Å². The first-order chi connectivity index (χ1) is 8.00. The van der Waals surface area contributed by atoms with E-state index in [1.165, 1.54) is 0 Å². The first-order valence-corrected chi connectivity index (χ1v) is 9.39. The van der Waals surface area contributed by atoms with E-state index in [0.717, 1.165) is 0 Å². The average molecular weight is 487 g/mol. The minimum absolute atomic E-state index is 0. The fraction of sp³-hybridized carbons (Fsp3) is 0. The van der Waals surface area contributed by atoms with E-state index in [-0.39, 0.29) is 36.8 Å². The molecule has 0 aromatic heterocycles. The third-order valence-corrected chi connectivity index (χ3v) is 0. The van der Waals surface area contributed by atoms with Crippen LogP contribution >= 0.6 is 31.3 Å². The molecule has 0 amide bonds. The van der Waals surface area contributed by atoms with Crippen molar-refractivity contribution in [1.82, 2.24) is 0 Å². The van der Waals surface area contributed by atoms with Gasteiger partial charge in [0.2, 0.25) is 0 Å². The maximum Gasteiger partial charge on any atom is 0.466 e. The van der Waals surface area contributed by atoms with Crippen LogP contribution in [0.3, 0.4) is 0 Å². The Morgan fingerprint density at radius 2 is 0.364 bits per heavy atom. The molecule has 0 spiro atoms. The van der Waals surface area contributed by atoms with Gasteiger partial charge in [-0.25, -0.2) is 18.3 Å². The van der Waals surface area contributed by atoms with E-state index in [0.29, 0.717) is 0 Å². The minimum atomic E-state index is -4.64. The van der Waals surface area contributed by atoms with Gasteiger partial charge in [-0.1, -0.05) is 0 Å². The van der Waals surface area contributed by atoms with Crippen molar-refractivity contribution in [3.8, 4) is 0 Å². The van der Waals surface area contributed by atoms with Crippen LogP contribution in [0.2, 0.25) is 0 Å². The van der Waals surface area contributed by atoms with Gasteiger partial charge in [-0.15, -0.1) is 0 Å². The Labute approximate surface area is 145 Å². The number of rotatable bonds is 0. The Balaban J connectivity index is -0.0000000376. The molecule has 22 heavy (non-hydrogen) atoms. The summed E-state index contributed by atoms with van der Waals surface area (Å²) in [5, 5.41) is 0. The second-order valence-electron chi connectivity index (χ2n) is 2.05. The molecule has 0 aliphatic rings. The number of hydrogen-bond donors (Lipinski definition) is 12. The van der Waals surface area contributed by atoms with Gasteiger partial charge in [-0.05, 0) is 0 Å². The van der Waals surface area contributed by atoms with Gasteiger partial charge in [-0.2, -0.15) is 0 Å². The van der Waals surface area contributed by atoms with Gasteiger partial charge >= 0.3 is 31.3 Å². The third kappa shape index (κ3) is 3600. The van der Waals surface area contributed by atoms with Crippen LogP contribution in [0.1, 0.15) is 0 Å². The van der Waals surface area contributed by atoms with Crippen LogP contribution in [-0.4, -0.2) is 76.1 Å². The maximum absolute atomic E-state index is 8.88. The SMILES string of the molecule is O=P(O)(O)O.O=P(O)(O)O.O=P(O)(O)O.O=P(O)(O)O.[AlH3].[Zn]. The van der Waals surface area contributed by atoms with Gasteiger partial charge in [0, 0.05) is 19.5 Å². The summed E-state index contributed by atoms with van der Waals surface area (Å²) in [5.41, 5.74) is 0. The number of phosphoric acid groups is 4. The topological polar surface area (TPSA) is 311 Å². The molecule has 0 heterocycles. The van der Waals surface area contributed by atoms with Crippen molar-refractivity contribution in [2.75, 3.05) is 0 Å². The van der Waals surface area contributed by atoms with E-state index < -0.39 is 31.3 Å². The second kappa shape index (κ2) is 16.1. The predicted molar refractivity (Wildman–Crippen MR) is 67.0 cm³/mol. The van der Waals surface area contributed by atoms with Gasteiger partial charge in [0.1, 0.15) is 0 Å². The van der Waals surface area contributed by atoms with Crippen molar-refractivity contribution in [1.29, 1.82) is 0 Å². The van der Waals surface area contributed by atoms with Gasteiger partial charge < -0.3 is 58.7 Å². The molecule has 12 N–H and O–H groups in total. The van der Waals surface area contributed by atoms with Crippen LogP contribution in [0.15, 0.2) is 0 Å². The van der Waals surface area contributed by atoms with Crippen LogP contribution in [-0.2, 0) is 37.7 Å². The second-order valence-corrected chi connectivity index (χ2v) is 6.16. The molecule has 0 rings (SSSR count). The molecule has 16 nitrogen and oxygen atoms in total. The smallest absolute Gasteiger partial charge is 0.303 e. The largest absolute Gasteiger partial charge is 0.466 e. The first-order valence-electron chi connectivity index (χ1n) is 3.13. The maximum atomic E-state index is 8.88. The predicted octanol–water partition coefficient (Wildman–Crippen LogP) is -4.90. The summed E-state index contributed by atoms with van der Waals surface area (Å²) in [6, 6.07) is 0. The molecule has 0 atom stereocenters. The van der Waals surface area contributed by atoms with Crippen LogP contribution in [0, 0.1) is 0 Å². The van der Waals surface area contributed by atoms with Gasteiger partial charge in [0.15, 0.2) is 17.4 Å². The molecule has 136 valence electrons. The van der Waals surface area contributed by atoms with Crippen LogP contribution in [0.5, 0.6) is 0 Å². The normalized spacial score (nSPS) is 10.7. The van der Waals surface area contributed by atoms with Crippen LogP contribution in [0.4, 0.5) is 0 Å². The van der Waals surface area contributed by atoms with Crippen molar-refractivity contribution in [3.05, 3.63) is 0 Å². The van der Waals surface area contributed by atoms with Crippen molar-refractivity contribution >= 4 is 48.7 Å². The fourth-order valence-electron chi connectivity index (χ4n) is 0. The zero-order valence-corrected chi connectivity index (χ0v) is 16.0. The summed E-state index contributed by atoms with van der Waals surface area (Å²) in [6.07, 6.45) is 0. The van der Waals surface area contributed by atoms with E-state index in [9.17, 15) is 0 Å². The summed E-state index contributed by atoms with van der Waals surface area (Å²) < 4.78 is 35.5. The van der Waals surface area contributed by atoms with Crippen LogP contribution < -0.4 is 0 Å². The van der Waals surface area contributed by atoms with Crippen molar-refractivity contribution in [2.45, 2.75) is 0 Å². The van der Waals surface area contributed by atoms with Crippen molar-refractivity contribution < 1.29 is 96.5 Å². The van der Waals surface area contributed by atoms with Gasteiger partial charge in [-0.3, -0.25) is 0 Å². The molecular formula is H15AlO16P4Zn. The Morgan fingerprint density at radius 3 is 0.364 bits per heavy atom. The van der Waals surface area contributed by atoms with Gasteiger partial charge in [0.25, 0.3) is 0 Å². The molecule has 0 saturated heterocycles. The summed E-state index contributed by atoms with van der Waals surface area (Å²) >= 11 is 0. The molecule has 0 aromatic carbocycles. The zero-order chi connectivity index (χ0) is 18.0. The summed E-state index contributed by atoms with van der Waals surface area (Å²) in [7, 11) is -18.6. The summed E-state index contributed by atoms with van der Waals surface area (Å²) in [5.74, 6) is 0. The third-order valence-electron chi connectivity index (χ3n) is 0. The Hall–Kier alpha value is 1.60. The van der Waals surface area contributed by atoms with E-state index in [1.807, 2.05) is 0 Å². The van der Waals surface area contributed by atoms with Crippen molar-refractivity contribution in [2.24, 2.45) is 0 Å². The van der Waals surface area contributed by atoms with E-state index in [2.05, 4.69) is 0 Å². The molecular weight excluding hydrogens is 472 g/mol. The van der Waals surface area contributed by atoms with E-state index in [1.54, 1.807) is 0 Å². The summed E-state index contributed by atoms with van der Waals surface area (Å²) in [6.45, 7) is 0.